The Bertz CT molecular complexity index is 308. The van der Waals surface area contributed by atoms with Crippen LogP contribution in [-0.2, 0) is 4.74 Å². The fraction of sp³-hybridized carbons (Fsp3) is 0.300. The van der Waals surface area contributed by atoms with Crippen molar-refractivity contribution in [3.05, 3.63) is 35.4 Å². The van der Waals surface area contributed by atoms with Crippen molar-refractivity contribution in [2.24, 2.45) is 0 Å². The molecule has 70 valence electrons. The van der Waals surface area contributed by atoms with Crippen LogP contribution in [0.25, 0.3) is 0 Å². The van der Waals surface area contributed by atoms with E-state index in [1.54, 1.807) is 6.07 Å². The molecule has 0 heterocycles. The summed E-state index contributed by atoms with van der Waals surface area (Å²) in [5.74, 6) is -0.279. The van der Waals surface area contributed by atoms with Crippen molar-refractivity contribution in [2.75, 3.05) is 7.11 Å². The Morgan fingerprint density at radius 3 is 2.77 bits per heavy atom. The average Bonchev–Trinajstić information content (AvgIpc) is 2.17. The molecule has 0 aliphatic heterocycles. The summed E-state index contributed by atoms with van der Waals surface area (Å²) in [5, 5.41) is 0. The second kappa shape index (κ2) is 4.60. The Labute approximate surface area is 91.4 Å². The highest BCUT2D eigenvalue weighted by Gasteiger charge is 2.07. The van der Waals surface area contributed by atoms with Gasteiger partial charge in [-0.2, -0.15) is 0 Å². The topological polar surface area (TPSA) is 26.3 Å². The monoisotopic (exact) mass is 290 g/mol. The summed E-state index contributed by atoms with van der Waals surface area (Å²) < 4.78 is 5.03. The summed E-state index contributed by atoms with van der Waals surface area (Å²) >= 11 is 2.31. The molecule has 2 nitrogen and oxygen atoms in total. The zero-order valence-corrected chi connectivity index (χ0v) is 9.74. The largest absolute Gasteiger partial charge is 0.465 e. The van der Waals surface area contributed by atoms with Crippen LogP contribution >= 0.6 is 22.6 Å². The predicted octanol–water partition coefficient (Wildman–Crippen LogP) is 2.97. The van der Waals surface area contributed by atoms with Crippen LogP contribution in [-0.4, -0.2) is 13.1 Å². The molecule has 0 saturated heterocycles. The highest BCUT2D eigenvalue weighted by Crippen LogP contribution is 2.22. The van der Waals surface area contributed by atoms with Crippen LogP contribution in [0.4, 0.5) is 0 Å². The molecule has 1 aromatic rings. The van der Waals surface area contributed by atoms with Gasteiger partial charge in [-0.25, -0.2) is 4.79 Å². The molecule has 1 atom stereocenters. The van der Waals surface area contributed by atoms with Gasteiger partial charge in [0.2, 0.25) is 0 Å². The van der Waals surface area contributed by atoms with Gasteiger partial charge in [-0.1, -0.05) is 34.7 Å². The molecule has 13 heavy (non-hydrogen) atoms. The Morgan fingerprint density at radius 1 is 1.54 bits per heavy atom. The van der Waals surface area contributed by atoms with Crippen molar-refractivity contribution in [1.29, 1.82) is 0 Å². The number of methoxy groups -OCH3 is 1. The highest BCUT2D eigenvalue weighted by atomic mass is 127. The lowest BCUT2D eigenvalue weighted by molar-refractivity contribution is 0.0600. The normalized spacial score (nSPS) is 12.2. The summed E-state index contributed by atoms with van der Waals surface area (Å²) in [5.41, 5.74) is 1.76. The summed E-state index contributed by atoms with van der Waals surface area (Å²) in [4.78, 5) is 11.2. The predicted molar refractivity (Wildman–Crippen MR) is 60.2 cm³/mol. The number of carbonyl (C=O) groups excluding carboxylic acids is 1. The number of hydrogen-bond acceptors (Lipinski definition) is 2. The third-order valence-electron chi connectivity index (χ3n) is 1.77. The van der Waals surface area contributed by atoms with Gasteiger partial charge >= 0.3 is 5.97 Å². The van der Waals surface area contributed by atoms with Crippen LogP contribution < -0.4 is 0 Å². The maximum Gasteiger partial charge on any atom is 0.337 e. The summed E-state index contributed by atoms with van der Waals surface area (Å²) in [7, 11) is 1.39. The van der Waals surface area contributed by atoms with Crippen LogP contribution in [0.15, 0.2) is 24.3 Å². The minimum absolute atomic E-state index is 0.279. The molecule has 0 radical (unpaired) electrons. The molecular weight excluding hydrogens is 279 g/mol. The minimum Gasteiger partial charge on any atom is -0.465 e. The second-order valence-electron chi connectivity index (χ2n) is 2.73. The third kappa shape index (κ3) is 2.69. The van der Waals surface area contributed by atoms with Crippen molar-refractivity contribution in [2.45, 2.75) is 10.8 Å². The van der Waals surface area contributed by atoms with Crippen LogP contribution in [0.3, 0.4) is 0 Å². The maximum absolute atomic E-state index is 11.2. The molecule has 0 aromatic heterocycles. The van der Waals surface area contributed by atoms with E-state index < -0.39 is 0 Å². The smallest absolute Gasteiger partial charge is 0.337 e. The number of ether oxygens (including phenoxy) is 1. The van der Waals surface area contributed by atoms with Gasteiger partial charge in [-0.05, 0) is 24.6 Å². The van der Waals surface area contributed by atoms with E-state index in [4.69, 9.17) is 0 Å². The zero-order chi connectivity index (χ0) is 9.84. The number of esters is 1. The molecule has 1 unspecified atom stereocenters. The molecule has 3 heteroatoms. The SMILES string of the molecule is COC(=O)c1cccc(C(C)I)c1. The fourth-order valence-corrected chi connectivity index (χ4v) is 1.42. The first kappa shape index (κ1) is 10.5. The van der Waals surface area contributed by atoms with Gasteiger partial charge in [0.1, 0.15) is 0 Å². The Hall–Kier alpha value is -0.580. The first-order valence-electron chi connectivity index (χ1n) is 3.97. The average molecular weight is 290 g/mol. The van der Waals surface area contributed by atoms with Crippen molar-refractivity contribution < 1.29 is 9.53 Å². The number of benzene rings is 1. The van der Waals surface area contributed by atoms with Gasteiger partial charge in [0.15, 0.2) is 0 Å². The van der Waals surface area contributed by atoms with Gasteiger partial charge in [-0.15, -0.1) is 0 Å². The number of carbonyl (C=O) groups is 1. The van der Waals surface area contributed by atoms with Crippen molar-refractivity contribution in [3.8, 4) is 0 Å². The van der Waals surface area contributed by atoms with E-state index >= 15 is 0 Å². The number of hydrogen-bond donors (Lipinski definition) is 0. The number of halogens is 1. The van der Waals surface area contributed by atoms with Gasteiger partial charge in [0, 0.05) is 3.92 Å². The highest BCUT2D eigenvalue weighted by molar-refractivity contribution is 14.1. The third-order valence-corrected chi connectivity index (χ3v) is 2.49. The summed E-state index contributed by atoms with van der Waals surface area (Å²) in [6.07, 6.45) is 0. The van der Waals surface area contributed by atoms with Crippen LogP contribution in [0, 0.1) is 0 Å². The van der Waals surface area contributed by atoms with Gasteiger partial charge in [0.25, 0.3) is 0 Å². The minimum atomic E-state index is -0.279. The van der Waals surface area contributed by atoms with Crippen LogP contribution in [0.2, 0.25) is 0 Å². The van der Waals surface area contributed by atoms with Gasteiger partial charge < -0.3 is 4.74 Å². The van der Waals surface area contributed by atoms with E-state index in [0.29, 0.717) is 9.49 Å². The van der Waals surface area contributed by atoms with Crippen molar-refractivity contribution >= 4 is 28.6 Å². The first-order valence-corrected chi connectivity index (χ1v) is 5.22. The van der Waals surface area contributed by atoms with E-state index in [2.05, 4.69) is 34.3 Å². The molecule has 0 aliphatic carbocycles. The van der Waals surface area contributed by atoms with E-state index in [1.807, 2.05) is 18.2 Å². The number of alkyl halides is 1. The lowest BCUT2D eigenvalue weighted by atomic mass is 10.1. The lowest BCUT2D eigenvalue weighted by Gasteiger charge is -2.05. The molecule has 0 amide bonds. The molecule has 0 aliphatic rings. The van der Waals surface area contributed by atoms with E-state index in [9.17, 15) is 4.79 Å². The van der Waals surface area contributed by atoms with Crippen LogP contribution in [0.1, 0.15) is 26.8 Å². The van der Waals surface area contributed by atoms with Crippen LogP contribution in [0.5, 0.6) is 0 Å². The van der Waals surface area contributed by atoms with E-state index in [0.717, 1.165) is 5.56 Å². The molecule has 0 spiro atoms. The van der Waals surface area contributed by atoms with E-state index in [1.165, 1.54) is 7.11 Å². The molecule has 0 fully saturated rings. The standard InChI is InChI=1S/C10H11IO2/c1-7(11)8-4-3-5-9(6-8)10(12)13-2/h3-7H,1-2H3. The van der Waals surface area contributed by atoms with Gasteiger partial charge in [-0.3, -0.25) is 0 Å². The zero-order valence-electron chi connectivity index (χ0n) is 7.58. The second-order valence-corrected chi connectivity index (χ2v) is 4.60. The first-order chi connectivity index (χ1) is 6.15. The summed E-state index contributed by atoms with van der Waals surface area (Å²) in [6, 6.07) is 7.50. The number of rotatable bonds is 2. The van der Waals surface area contributed by atoms with Crippen molar-refractivity contribution in [3.63, 3.8) is 0 Å². The molecule has 0 bridgehead atoms. The lowest BCUT2D eigenvalue weighted by Crippen LogP contribution is -2.01. The van der Waals surface area contributed by atoms with Crippen molar-refractivity contribution in [1.82, 2.24) is 0 Å². The fourth-order valence-electron chi connectivity index (χ4n) is 1.03. The molecule has 1 rings (SSSR count). The van der Waals surface area contributed by atoms with Gasteiger partial charge in [0.05, 0.1) is 12.7 Å². The molecule has 1 aromatic carbocycles. The molecule has 0 saturated carbocycles. The Balaban J connectivity index is 2.98. The molecular formula is C10H11IO2. The quantitative estimate of drug-likeness (QED) is 0.475. The maximum atomic E-state index is 11.2. The molecule has 0 N–H and O–H groups in total. The van der Waals surface area contributed by atoms with E-state index in [-0.39, 0.29) is 5.97 Å². The summed E-state index contributed by atoms with van der Waals surface area (Å²) in [6.45, 7) is 2.08. The Kier molecular flexibility index (Phi) is 3.71. The Morgan fingerprint density at radius 2 is 2.23 bits per heavy atom.